The first-order valence-electron chi connectivity index (χ1n) is 5.46. The van der Waals surface area contributed by atoms with Gasteiger partial charge in [-0.05, 0) is 6.42 Å². The SMILES string of the molecule is COc1c(Cl)ncn(CCCC(=O)N(C)C)c1=O. The van der Waals surface area contributed by atoms with Gasteiger partial charge in [0, 0.05) is 27.1 Å². The molecule has 0 aliphatic rings. The van der Waals surface area contributed by atoms with E-state index in [4.69, 9.17) is 16.3 Å². The first-order chi connectivity index (χ1) is 8.47. The molecule has 6 nitrogen and oxygen atoms in total. The smallest absolute Gasteiger partial charge is 0.297 e. The standard InChI is InChI=1S/C11H16ClN3O3/c1-14(2)8(16)5-4-6-15-7-13-10(12)9(18-3)11(15)17/h7H,4-6H2,1-3H3. The molecule has 0 saturated heterocycles. The van der Waals surface area contributed by atoms with E-state index >= 15 is 0 Å². The molecule has 18 heavy (non-hydrogen) atoms. The fraction of sp³-hybridized carbons (Fsp3) is 0.545. The maximum Gasteiger partial charge on any atom is 0.297 e. The van der Waals surface area contributed by atoms with Crippen molar-refractivity contribution in [2.24, 2.45) is 0 Å². The number of halogens is 1. The summed E-state index contributed by atoms with van der Waals surface area (Å²) >= 11 is 5.72. The molecule has 0 saturated carbocycles. The van der Waals surface area contributed by atoms with Crippen LogP contribution in [0.3, 0.4) is 0 Å². The zero-order valence-corrected chi connectivity index (χ0v) is 11.4. The molecule has 0 aliphatic carbocycles. The van der Waals surface area contributed by atoms with E-state index in [-0.39, 0.29) is 22.4 Å². The lowest BCUT2D eigenvalue weighted by Gasteiger charge is -2.11. The summed E-state index contributed by atoms with van der Waals surface area (Å²) in [5.74, 6) is 0.0510. The lowest BCUT2D eigenvalue weighted by Crippen LogP contribution is -2.24. The number of ether oxygens (including phenoxy) is 1. The number of hydrogen-bond donors (Lipinski definition) is 0. The van der Waals surface area contributed by atoms with E-state index in [2.05, 4.69) is 4.98 Å². The van der Waals surface area contributed by atoms with Gasteiger partial charge in [0.1, 0.15) is 0 Å². The lowest BCUT2D eigenvalue weighted by atomic mass is 10.3. The highest BCUT2D eigenvalue weighted by molar-refractivity contribution is 6.30. The van der Waals surface area contributed by atoms with Gasteiger partial charge in [-0.25, -0.2) is 4.98 Å². The Hall–Kier alpha value is -1.56. The number of nitrogens with zero attached hydrogens (tertiary/aromatic N) is 3. The van der Waals surface area contributed by atoms with Crippen LogP contribution in [0.1, 0.15) is 12.8 Å². The van der Waals surface area contributed by atoms with Crippen molar-refractivity contribution in [1.29, 1.82) is 0 Å². The largest absolute Gasteiger partial charge is 0.489 e. The number of rotatable bonds is 5. The summed E-state index contributed by atoms with van der Waals surface area (Å²) in [7, 11) is 4.76. The Morgan fingerprint density at radius 3 is 2.78 bits per heavy atom. The molecular formula is C11H16ClN3O3. The molecule has 7 heteroatoms. The van der Waals surface area contributed by atoms with Crippen molar-refractivity contribution in [3.8, 4) is 5.75 Å². The summed E-state index contributed by atoms with van der Waals surface area (Å²) in [6.07, 6.45) is 2.29. The second kappa shape index (κ2) is 6.39. The van der Waals surface area contributed by atoms with Crippen LogP contribution < -0.4 is 10.3 Å². The number of methoxy groups -OCH3 is 1. The minimum absolute atomic E-state index is 0.0249. The van der Waals surface area contributed by atoms with Gasteiger partial charge < -0.3 is 9.64 Å². The first-order valence-corrected chi connectivity index (χ1v) is 5.84. The molecule has 0 fully saturated rings. The van der Waals surface area contributed by atoms with Crippen molar-refractivity contribution in [2.45, 2.75) is 19.4 Å². The summed E-state index contributed by atoms with van der Waals surface area (Å²) in [6.45, 7) is 0.402. The van der Waals surface area contributed by atoms with Gasteiger partial charge in [0.25, 0.3) is 5.56 Å². The Balaban J connectivity index is 2.69. The minimum Gasteiger partial charge on any atom is -0.489 e. The summed E-state index contributed by atoms with van der Waals surface area (Å²) in [5.41, 5.74) is -0.338. The van der Waals surface area contributed by atoms with Gasteiger partial charge in [-0.1, -0.05) is 11.6 Å². The van der Waals surface area contributed by atoms with Crippen LogP contribution in [0.25, 0.3) is 0 Å². The maximum absolute atomic E-state index is 11.8. The summed E-state index contributed by atoms with van der Waals surface area (Å²) in [6, 6.07) is 0. The first kappa shape index (κ1) is 14.5. The summed E-state index contributed by atoms with van der Waals surface area (Å²) < 4.78 is 6.26. The topological polar surface area (TPSA) is 64.4 Å². The third kappa shape index (κ3) is 3.46. The molecule has 1 rings (SSSR count). The number of carbonyl (C=O) groups excluding carboxylic acids is 1. The molecule has 1 aromatic heterocycles. The molecule has 0 N–H and O–H groups in total. The van der Waals surface area contributed by atoms with E-state index in [0.717, 1.165) is 0 Å². The van der Waals surface area contributed by atoms with Gasteiger partial charge in [-0.3, -0.25) is 14.2 Å². The van der Waals surface area contributed by atoms with Gasteiger partial charge in [0.05, 0.1) is 13.4 Å². The zero-order valence-electron chi connectivity index (χ0n) is 10.6. The van der Waals surface area contributed by atoms with E-state index in [1.165, 1.54) is 22.9 Å². The lowest BCUT2D eigenvalue weighted by molar-refractivity contribution is -0.128. The van der Waals surface area contributed by atoms with Crippen molar-refractivity contribution in [3.05, 3.63) is 21.8 Å². The Morgan fingerprint density at radius 1 is 1.56 bits per heavy atom. The van der Waals surface area contributed by atoms with Crippen LogP contribution in [0, 0.1) is 0 Å². The Labute approximate surface area is 110 Å². The van der Waals surface area contributed by atoms with Gasteiger partial charge in [0.15, 0.2) is 5.15 Å². The predicted octanol–water partition coefficient (Wildman–Crippen LogP) is 0.774. The van der Waals surface area contributed by atoms with Gasteiger partial charge in [0.2, 0.25) is 11.7 Å². The normalized spacial score (nSPS) is 10.2. The molecule has 100 valence electrons. The number of aryl methyl sites for hydroxylation is 1. The number of carbonyl (C=O) groups is 1. The molecule has 1 heterocycles. The molecule has 0 radical (unpaired) electrons. The highest BCUT2D eigenvalue weighted by Gasteiger charge is 2.10. The molecule has 0 unspecified atom stereocenters. The number of amides is 1. The van der Waals surface area contributed by atoms with Gasteiger partial charge in [-0.2, -0.15) is 0 Å². The molecule has 0 bridgehead atoms. The van der Waals surface area contributed by atoms with Crippen molar-refractivity contribution in [2.75, 3.05) is 21.2 Å². The number of hydrogen-bond acceptors (Lipinski definition) is 4. The molecule has 1 aromatic rings. The third-order valence-corrected chi connectivity index (χ3v) is 2.71. The monoisotopic (exact) mass is 273 g/mol. The van der Waals surface area contributed by atoms with Gasteiger partial charge in [-0.15, -0.1) is 0 Å². The predicted molar refractivity (Wildman–Crippen MR) is 68.0 cm³/mol. The summed E-state index contributed by atoms with van der Waals surface area (Å²) in [4.78, 5) is 28.6. The van der Waals surface area contributed by atoms with Crippen molar-refractivity contribution >= 4 is 17.5 Å². The van der Waals surface area contributed by atoms with Crippen LogP contribution in [-0.2, 0) is 11.3 Å². The van der Waals surface area contributed by atoms with E-state index in [0.29, 0.717) is 19.4 Å². The van der Waals surface area contributed by atoms with Crippen LogP contribution in [-0.4, -0.2) is 41.6 Å². The highest BCUT2D eigenvalue weighted by Crippen LogP contribution is 2.14. The minimum atomic E-state index is -0.338. The van der Waals surface area contributed by atoms with E-state index in [1.54, 1.807) is 14.1 Å². The average Bonchev–Trinajstić information content (AvgIpc) is 2.32. The molecular weight excluding hydrogens is 258 g/mol. The van der Waals surface area contributed by atoms with Crippen LogP contribution in [0.5, 0.6) is 5.75 Å². The van der Waals surface area contributed by atoms with E-state index in [1.807, 2.05) is 0 Å². The Bertz CT molecular complexity index is 485. The van der Waals surface area contributed by atoms with Crippen molar-refractivity contribution < 1.29 is 9.53 Å². The zero-order chi connectivity index (χ0) is 13.7. The molecule has 0 aliphatic heterocycles. The third-order valence-electron chi connectivity index (χ3n) is 2.45. The maximum atomic E-state index is 11.8. The van der Waals surface area contributed by atoms with Crippen LogP contribution in [0.4, 0.5) is 0 Å². The quantitative estimate of drug-likeness (QED) is 0.744. The summed E-state index contributed by atoms with van der Waals surface area (Å²) in [5, 5.41) is 0.0446. The fourth-order valence-electron chi connectivity index (χ4n) is 1.41. The van der Waals surface area contributed by atoms with Crippen molar-refractivity contribution in [1.82, 2.24) is 14.5 Å². The van der Waals surface area contributed by atoms with E-state index in [9.17, 15) is 9.59 Å². The highest BCUT2D eigenvalue weighted by atomic mass is 35.5. The second-order valence-electron chi connectivity index (χ2n) is 3.96. The molecule has 0 atom stereocenters. The Kier molecular flexibility index (Phi) is 5.15. The van der Waals surface area contributed by atoms with Crippen LogP contribution in [0.2, 0.25) is 5.15 Å². The Morgan fingerprint density at radius 2 is 2.22 bits per heavy atom. The average molecular weight is 274 g/mol. The fourth-order valence-corrected chi connectivity index (χ4v) is 1.61. The van der Waals surface area contributed by atoms with Crippen LogP contribution in [0.15, 0.2) is 11.1 Å². The second-order valence-corrected chi connectivity index (χ2v) is 4.32. The van der Waals surface area contributed by atoms with Crippen molar-refractivity contribution in [3.63, 3.8) is 0 Å². The van der Waals surface area contributed by atoms with Gasteiger partial charge >= 0.3 is 0 Å². The number of aromatic nitrogens is 2. The van der Waals surface area contributed by atoms with E-state index < -0.39 is 0 Å². The molecule has 0 aromatic carbocycles. The molecule has 0 spiro atoms. The molecule has 1 amide bonds. The van der Waals surface area contributed by atoms with Crippen LogP contribution >= 0.6 is 11.6 Å².